The Kier molecular flexibility index (Phi) is 5.45. The number of para-hydroxylation sites is 1. The van der Waals surface area contributed by atoms with Gasteiger partial charge >= 0.3 is 0 Å². The van der Waals surface area contributed by atoms with Crippen molar-refractivity contribution in [3.63, 3.8) is 0 Å². The maximum Gasteiger partial charge on any atom is 0.174 e. The summed E-state index contributed by atoms with van der Waals surface area (Å²) in [5.74, 6) is 1.61. The Balaban J connectivity index is 1.76. The Morgan fingerprint density at radius 2 is 1.86 bits per heavy atom. The Morgan fingerprint density at radius 3 is 2.62 bits per heavy atom. The number of aryl methyl sites for hydroxylation is 1. The molecule has 1 aromatic heterocycles. The lowest BCUT2D eigenvalue weighted by atomic mass is 9.98. The Hall–Kier alpha value is -2.99. The molecular weight excluding hydrogens is 382 g/mol. The summed E-state index contributed by atoms with van der Waals surface area (Å²) in [6.07, 6.45) is 2.12. The van der Waals surface area contributed by atoms with Gasteiger partial charge in [0.1, 0.15) is 17.5 Å². The molecule has 4 rings (SSSR count). The van der Waals surface area contributed by atoms with Gasteiger partial charge in [0.2, 0.25) is 0 Å². The zero-order valence-electron chi connectivity index (χ0n) is 16.9. The fraction of sp³-hybridized carbons (Fsp3) is 0.261. The molecule has 1 aliphatic rings. The third kappa shape index (κ3) is 3.68. The van der Waals surface area contributed by atoms with E-state index >= 15 is 0 Å². The number of methoxy groups -OCH3 is 2. The first-order valence-corrected chi connectivity index (χ1v) is 10.0. The minimum Gasteiger partial charge on any atom is -0.497 e. The summed E-state index contributed by atoms with van der Waals surface area (Å²) in [5.41, 5.74) is 4.39. The lowest BCUT2D eigenvalue weighted by Gasteiger charge is -2.39. The van der Waals surface area contributed by atoms with E-state index in [1.165, 1.54) is 5.69 Å². The molecule has 6 heteroatoms. The standard InChI is InChI=1S/C23H25N3O2S/c1-16-7-4-5-8-19(16)24-23(29)26-14-13-25-12-6-9-20(25)22(26)18-15-17(27-2)10-11-21(18)28-3/h4-12,15,22H,13-14H2,1-3H3,(H,24,29)/t22-/m1/s1. The van der Waals surface area contributed by atoms with Crippen LogP contribution in [-0.4, -0.2) is 35.3 Å². The summed E-state index contributed by atoms with van der Waals surface area (Å²) in [5, 5.41) is 4.14. The van der Waals surface area contributed by atoms with Crippen LogP contribution in [0.25, 0.3) is 0 Å². The van der Waals surface area contributed by atoms with Crippen molar-refractivity contribution >= 4 is 23.0 Å². The van der Waals surface area contributed by atoms with E-state index in [-0.39, 0.29) is 6.04 Å². The number of nitrogens with zero attached hydrogens (tertiary/aromatic N) is 2. The maximum absolute atomic E-state index is 5.87. The summed E-state index contributed by atoms with van der Waals surface area (Å²) in [4.78, 5) is 2.23. The highest BCUT2D eigenvalue weighted by molar-refractivity contribution is 7.80. The van der Waals surface area contributed by atoms with Gasteiger partial charge in [-0.15, -0.1) is 0 Å². The Morgan fingerprint density at radius 1 is 1.03 bits per heavy atom. The van der Waals surface area contributed by atoms with Crippen LogP contribution in [0.5, 0.6) is 11.5 Å². The molecule has 0 aliphatic carbocycles. The van der Waals surface area contributed by atoms with Gasteiger partial charge in [-0.2, -0.15) is 0 Å². The average Bonchev–Trinajstić information content (AvgIpc) is 3.23. The third-order valence-electron chi connectivity index (χ3n) is 5.42. The number of hydrogen-bond donors (Lipinski definition) is 1. The lowest BCUT2D eigenvalue weighted by molar-refractivity contribution is 0.284. The van der Waals surface area contributed by atoms with Gasteiger partial charge in [0, 0.05) is 36.2 Å². The van der Waals surface area contributed by atoms with E-state index in [0.717, 1.165) is 41.4 Å². The van der Waals surface area contributed by atoms with Crippen LogP contribution in [0, 0.1) is 6.92 Å². The minimum absolute atomic E-state index is 0.0761. The van der Waals surface area contributed by atoms with Crippen LogP contribution in [0.2, 0.25) is 0 Å². The second-order valence-electron chi connectivity index (χ2n) is 7.08. The van der Waals surface area contributed by atoms with Gasteiger partial charge in [-0.1, -0.05) is 18.2 Å². The molecule has 0 spiro atoms. The molecule has 1 atom stereocenters. The van der Waals surface area contributed by atoms with Gasteiger partial charge in [0.15, 0.2) is 5.11 Å². The van der Waals surface area contributed by atoms with E-state index < -0.39 is 0 Å². The number of rotatable bonds is 4. The molecule has 29 heavy (non-hydrogen) atoms. The smallest absolute Gasteiger partial charge is 0.174 e. The van der Waals surface area contributed by atoms with Crippen molar-refractivity contribution in [2.24, 2.45) is 0 Å². The molecule has 0 unspecified atom stereocenters. The van der Waals surface area contributed by atoms with Crippen molar-refractivity contribution in [1.29, 1.82) is 0 Å². The molecule has 5 nitrogen and oxygen atoms in total. The van der Waals surface area contributed by atoms with Gasteiger partial charge in [-0.3, -0.25) is 0 Å². The molecule has 2 aromatic carbocycles. The van der Waals surface area contributed by atoms with Crippen LogP contribution in [0.15, 0.2) is 60.8 Å². The summed E-state index contributed by atoms with van der Waals surface area (Å²) >= 11 is 5.87. The van der Waals surface area contributed by atoms with Gasteiger partial charge < -0.3 is 24.3 Å². The molecular formula is C23H25N3O2S. The molecule has 1 N–H and O–H groups in total. The first-order chi connectivity index (χ1) is 14.1. The number of anilines is 1. The van der Waals surface area contributed by atoms with E-state index in [1.54, 1.807) is 14.2 Å². The molecule has 0 amide bonds. The fourth-order valence-electron chi connectivity index (χ4n) is 3.88. The highest BCUT2D eigenvalue weighted by atomic mass is 32.1. The first-order valence-electron chi connectivity index (χ1n) is 9.62. The molecule has 0 saturated carbocycles. The second-order valence-corrected chi connectivity index (χ2v) is 7.46. The number of fused-ring (bicyclic) bond motifs is 1. The van der Waals surface area contributed by atoms with Gasteiger partial charge in [0.05, 0.1) is 14.2 Å². The normalized spacial score (nSPS) is 15.6. The van der Waals surface area contributed by atoms with E-state index in [1.807, 2.05) is 30.3 Å². The van der Waals surface area contributed by atoms with Crippen LogP contribution < -0.4 is 14.8 Å². The van der Waals surface area contributed by atoms with E-state index in [4.69, 9.17) is 21.7 Å². The van der Waals surface area contributed by atoms with E-state index in [2.05, 4.69) is 52.2 Å². The number of nitrogens with one attached hydrogen (secondary N) is 1. The number of hydrogen-bond acceptors (Lipinski definition) is 3. The second kappa shape index (κ2) is 8.17. The van der Waals surface area contributed by atoms with Crippen molar-refractivity contribution < 1.29 is 9.47 Å². The van der Waals surface area contributed by atoms with Crippen LogP contribution in [0.1, 0.15) is 22.9 Å². The van der Waals surface area contributed by atoms with Crippen LogP contribution >= 0.6 is 12.2 Å². The predicted octanol–water partition coefficient (Wildman–Crippen LogP) is 4.62. The van der Waals surface area contributed by atoms with Crippen molar-refractivity contribution in [1.82, 2.24) is 9.47 Å². The first kappa shape index (κ1) is 19.3. The quantitative estimate of drug-likeness (QED) is 0.639. The predicted molar refractivity (Wildman–Crippen MR) is 120 cm³/mol. The van der Waals surface area contributed by atoms with Crippen molar-refractivity contribution in [3.05, 3.63) is 77.6 Å². The van der Waals surface area contributed by atoms with Gasteiger partial charge in [0.25, 0.3) is 0 Å². The zero-order valence-corrected chi connectivity index (χ0v) is 17.7. The van der Waals surface area contributed by atoms with Crippen LogP contribution in [0.3, 0.4) is 0 Å². The number of ether oxygens (including phenoxy) is 2. The minimum atomic E-state index is -0.0761. The van der Waals surface area contributed by atoms with Gasteiger partial charge in [-0.25, -0.2) is 0 Å². The molecule has 150 valence electrons. The van der Waals surface area contributed by atoms with Crippen molar-refractivity contribution in [2.45, 2.75) is 19.5 Å². The summed E-state index contributed by atoms with van der Waals surface area (Å²) < 4.78 is 13.5. The van der Waals surface area contributed by atoms with E-state index in [9.17, 15) is 0 Å². The monoisotopic (exact) mass is 407 g/mol. The third-order valence-corrected chi connectivity index (χ3v) is 5.75. The largest absolute Gasteiger partial charge is 0.497 e. The highest BCUT2D eigenvalue weighted by Gasteiger charge is 2.33. The maximum atomic E-state index is 5.87. The van der Waals surface area contributed by atoms with Crippen LogP contribution in [-0.2, 0) is 6.54 Å². The summed E-state index contributed by atoms with van der Waals surface area (Å²) in [6, 6.07) is 18.2. The molecule has 0 radical (unpaired) electrons. The summed E-state index contributed by atoms with van der Waals surface area (Å²) in [7, 11) is 3.37. The number of aromatic nitrogens is 1. The lowest BCUT2D eigenvalue weighted by Crippen LogP contribution is -2.44. The molecule has 0 saturated heterocycles. The number of benzene rings is 2. The highest BCUT2D eigenvalue weighted by Crippen LogP contribution is 2.39. The molecule has 3 aromatic rings. The molecule has 2 heterocycles. The Labute approximate surface area is 176 Å². The van der Waals surface area contributed by atoms with Gasteiger partial charge in [-0.05, 0) is 61.1 Å². The Bertz CT molecular complexity index is 1030. The molecule has 1 aliphatic heterocycles. The molecule has 0 fully saturated rings. The molecule has 0 bridgehead atoms. The van der Waals surface area contributed by atoms with E-state index in [0.29, 0.717) is 5.11 Å². The topological polar surface area (TPSA) is 38.7 Å². The summed E-state index contributed by atoms with van der Waals surface area (Å²) in [6.45, 7) is 3.75. The SMILES string of the molecule is COc1ccc(OC)c([C@@H]2c3cccn3CCN2C(=S)Nc2ccccc2C)c1. The fourth-order valence-corrected chi connectivity index (χ4v) is 4.19. The van der Waals surface area contributed by atoms with Crippen LogP contribution in [0.4, 0.5) is 5.69 Å². The van der Waals surface area contributed by atoms with Crippen molar-refractivity contribution in [2.75, 3.05) is 26.1 Å². The average molecular weight is 408 g/mol. The van der Waals surface area contributed by atoms with Crippen molar-refractivity contribution in [3.8, 4) is 11.5 Å². The zero-order chi connectivity index (χ0) is 20.4. The number of thiocarbonyl (C=S) groups is 1.